The number of aldehydes is 1. The number of carboxylic acid groups (broad SMARTS) is 2. The van der Waals surface area contributed by atoms with Gasteiger partial charge < -0.3 is 61.0 Å². The highest BCUT2D eigenvalue weighted by Gasteiger charge is 2.20. The number of primary amides is 1. The van der Waals surface area contributed by atoms with Gasteiger partial charge in [0.25, 0.3) is 0 Å². The predicted octanol–water partition coefficient (Wildman–Crippen LogP) is 1.91. The second-order valence-corrected chi connectivity index (χ2v) is 14.2. The number of rotatable bonds is 43. The molecule has 0 aromatic rings. The quantitative estimate of drug-likeness (QED) is 0.0341. The van der Waals surface area contributed by atoms with Gasteiger partial charge in [0.05, 0.1) is 45.7 Å². The largest absolute Gasteiger partial charge is 0.481 e. The van der Waals surface area contributed by atoms with Gasteiger partial charge in [0.2, 0.25) is 29.5 Å². The molecule has 0 saturated heterocycles. The molecular weight excluding hydrogens is 774 g/mol. The first-order valence-corrected chi connectivity index (χ1v) is 21.1. The smallest absolute Gasteiger partial charge is 0.326 e. The lowest BCUT2D eigenvalue weighted by atomic mass is 10.0. The summed E-state index contributed by atoms with van der Waals surface area (Å²) in [5.74, 6) is -4.15. The molecule has 59 heavy (non-hydrogen) atoms. The molecule has 2 atom stereocenters. The summed E-state index contributed by atoms with van der Waals surface area (Å²) in [6.45, 7) is 0.833. The molecular formula is C40H71N5O14. The molecule has 19 nitrogen and oxygen atoms in total. The molecule has 0 spiro atoms. The van der Waals surface area contributed by atoms with E-state index < -0.39 is 42.4 Å². The van der Waals surface area contributed by atoms with Crippen LogP contribution in [-0.2, 0) is 57.3 Å². The summed E-state index contributed by atoms with van der Waals surface area (Å²) in [4.78, 5) is 92.0. The fourth-order valence-corrected chi connectivity index (χ4v) is 5.64. The maximum atomic E-state index is 12.3. The van der Waals surface area contributed by atoms with E-state index >= 15 is 0 Å². The highest BCUT2D eigenvalue weighted by molar-refractivity contribution is 5.85. The minimum Gasteiger partial charge on any atom is -0.481 e. The number of hydrogen-bond acceptors (Lipinski definition) is 12. The van der Waals surface area contributed by atoms with Crippen LogP contribution in [0, 0.1) is 0 Å². The molecule has 0 saturated carbocycles. The van der Waals surface area contributed by atoms with E-state index in [0.29, 0.717) is 12.7 Å². The van der Waals surface area contributed by atoms with Gasteiger partial charge in [-0.1, -0.05) is 77.0 Å². The van der Waals surface area contributed by atoms with Crippen molar-refractivity contribution >= 4 is 47.8 Å². The summed E-state index contributed by atoms with van der Waals surface area (Å²) in [6.07, 6.45) is 16.6. The Bertz CT molecular complexity index is 1190. The number of carboxylic acids is 2. The van der Waals surface area contributed by atoms with Gasteiger partial charge in [-0.25, -0.2) is 4.79 Å². The topological polar surface area (TPSA) is 288 Å². The number of nitrogens with two attached hydrogens (primary N) is 1. The van der Waals surface area contributed by atoms with Crippen molar-refractivity contribution in [3.63, 3.8) is 0 Å². The van der Waals surface area contributed by atoms with Crippen molar-refractivity contribution in [2.24, 2.45) is 5.73 Å². The summed E-state index contributed by atoms with van der Waals surface area (Å²) in [5.41, 5.74) is 5.00. The molecule has 0 heterocycles. The second-order valence-electron chi connectivity index (χ2n) is 14.2. The van der Waals surface area contributed by atoms with Crippen molar-refractivity contribution in [3.05, 3.63) is 0 Å². The van der Waals surface area contributed by atoms with Crippen LogP contribution < -0.4 is 27.0 Å². The van der Waals surface area contributed by atoms with E-state index in [1.807, 2.05) is 0 Å². The van der Waals surface area contributed by atoms with Crippen LogP contribution in [0.25, 0.3) is 0 Å². The Morgan fingerprint density at radius 3 is 1.42 bits per heavy atom. The van der Waals surface area contributed by atoms with Crippen molar-refractivity contribution in [1.29, 1.82) is 0 Å². The molecule has 0 aliphatic heterocycles. The molecule has 0 aliphatic carbocycles. The van der Waals surface area contributed by atoms with Crippen LogP contribution >= 0.6 is 0 Å². The lowest BCUT2D eigenvalue weighted by molar-refractivity contribution is -0.143. The Balaban J connectivity index is 3.64. The molecule has 0 aromatic carbocycles. The second kappa shape index (κ2) is 39.3. The summed E-state index contributed by atoms with van der Waals surface area (Å²) >= 11 is 0. The number of amides is 5. The Morgan fingerprint density at radius 1 is 0.492 bits per heavy atom. The van der Waals surface area contributed by atoms with E-state index in [-0.39, 0.29) is 109 Å². The van der Waals surface area contributed by atoms with Crippen molar-refractivity contribution in [1.82, 2.24) is 21.3 Å². The highest BCUT2D eigenvalue weighted by Crippen LogP contribution is 2.14. The van der Waals surface area contributed by atoms with E-state index in [1.54, 1.807) is 0 Å². The number of carbonyl (C=O) groups excluding carboxylic acids is 6. The first-order chi connectivity index (χ1) is 28.4. The Hall–Kier alpha value is -4.20. The van der Waals surface area contributed by atoms with Crippen molar-refractivity contribution in [3.8, 4) is 0 Å². The third-order valence-corrected chi connectivity index (χ3v) is 8.90. The van der Waals surface area contributed by atoms with Crippen LogP contribution in [0.3, 0.4) is 0 Å². The third kappa shape index (κ3) is 39.1. The van der Waals surface area contributed by atoms with Crippen LogP contribution in [0.1, 0.15) is 128 Å². The predicted molar refractivity (Wildman–Crippen MR) is 216 cm³/mol. The Kier molecular flexibility index (Phi) is 36.5. The first-order valence-electron chi connectivity index (χ1n) is 21.1. The molecule has 0 fully saturated rings. The molecule has 0 radical (unpaired) electrons. The number of unbranched alkanes of at least 4 members (excludes halogenated alkanes) is 13. The molecule has 0 unspecified atom stereocenters. The molecule has 340 valence electrons. The maximum Gasteiger partial charge on any atom is 0.326 e. The Morgan fingerprint density at radius 2 is 0.949 bits per heavy atom. The average molecular weight is 846 g/mol. The minimum atomic E-state index is -1.29. The fraction of sp³-hybridized carbons (Fsp3) is 0.800. The molecule has 5 amide bonds. The number of hydrogen-bond donors (Lipinski definition) is 7. The van der Waals surface area contributed by atoms with Gasteiger partial charge in [-0.3, -0.25) is 28.8 Å². The number of nitrogens with one attached hydrogen (secondary N) is 4. The van der Waals surface area contributed by atoms with Crippen LogP contribution in [0.5, 0.6) is 0 Å². The highest BCUT2D eigenvalue weighted by atomic mass is 16.5. The number of ether oxygens (including phenoxy) is 4. The normalized spacial score (nSPS) is 11.9. The summed E-state index contributed by atoms with van der Waals surface area (Å²) in [6, 6.07) is -1.97. The average Bonchev–Trinajstić information content (AvgIpc) is 3.19. The molecule has 0 aliphatic rings. The zero-order valence-corrected chi connectivity index (χ0v) is 34.8. The van der Waals surface area contributed by atoms with Gasteiger partial charge in [-0.15, -0.1) is 0 Å². The molecule has 0 aromatic heterocycles. The number of carbonyl (C=O) groups is 8. The zero-order valence-electron chi connectivity index (χ0n) is 34.8. The summed E-state index contributed by atoms with van der Waals surface area (Å²) in [5, 5.41) is 28.0. The van der Waals surface area contributed by atoms with E-state index in [1.165, 1.54) is 44.9 Å². The fourth-order valence-electron chi connectivity index (χ4n) is 5.64. The summed E-state index contributed by atoms with van der Waals surface area (Å²) in [7, 11) is 0. The van der Waals surface area contributed by atoms with E-state index in [4.69, 9.17) is 34.9 Å². The van der Waals surface area contributed by atoms with Crippen molar-refractivity contribution in [2.75, 3.05) is 65.9 Å². The van der Waals surface area contributed by atoms with E-state index in [0.717, 1.165) is 44.9 Å². The first kappa shape index (κ1) is 54.8. The lowest BCUT2D eigenvalue weighted by Crippen LogP contribution is -2.43. The van der Waals surface area contributed by atoms with Crippen molar-refractivity contribution < 1.29 is 67.5 Å². The monoisotopic (exact) mass is 845 g/mol. The van der Waals surface area contributed by atoms with Gasteiger partial charge in [0, 0.05) is 38.8 Å². The van der Waals surface area contributed by atoms with Crippen LogP contribution in [0.15, 0.2) is 0 Å². The van der Waals surface area contributed by atoms with Crippen LogP contribution in [-0.4, -0.2) is 136 Å². The SMILES string of the molecule is NC(=O)CC[C@H](NC(=O)COCCOCCNC(=O)COCCOCCNC(=O)CC[C@@H](C=O)NC(=O)CCCCCCCCCCCCCCCCC(=O)O)C(=O)O. The van der Waals surface area contributed by atoms with Crippen LogP contribution in [0.4, 0.5) is 0 Å². The van der Waals surface area contributed by atoms with E-state index in [2.05, 4.69) is 21.3 Å². The zero-order chi connectivity index (χ0) is 43.8. The van der Waals surface area contributed by atoms with Gasteiger partial charge in [0.1, 0.15) is 25.5 Å². The minimum absolute atomic E-state index is 0.0563. The number of aliphatic carboxylic acids is 2. The third-order valence-electron chi connectivity index (χ3n) is 8.90. The lowest BCUT2D eigenvalue weighted by Gasteiger charge is -2.13. The molecule has 0 bridgehead atoms. The molecule has 0 rings (SSSR count). The standard InChI is InChI=1S/C40H71N5O14/c41-34(47)19-18-33(40(54)55)45-38(51)31-59-28-26-57-24-22-43-37(50)30-58-27-25-56-23-21-42-35(48)20-17-32(29-46)44-36(49)15-13-11-9-7-5-3-1-2-4-6-8-10-12-14-16-39(52)53/h29,32-33H,1-28,30-31H2,(H2,41,47)(H,42,48)(H,43,50)(H,44,49)(H,45,51)(H,52,53)(H,54,55)/t32-,33-/m0/s1. The van der Waals surface area contributed by atoms with Gasteiger partial charge in [0.15, 0.2) is 0 Å². The van der Waals surface area contributed by atoms with E-state index in [9.17, 15) is 38.4 Å². The van der Waals surface area contributed by atoms with Gasteiger partial charge in [-0.2, -0.15) is 0 Å². The summed E-state index contributed by atoms with van der Waals surface area (Å²) < 4.78 is 21.1. The van der Waals surface area contributed by atoms with Gasteiger partial charge >= 0.3 is 11.9 Å². The van der Waals surface area contributed by atoms with Crippen LogP contribution in [0.2, 0.25) is 0 Å². The van der Waals surface area contributed by atoms with Gasteiger partial charge in [-0.05, 0) is 25.7 Å². The Labute approximate surface area is 348 Å². The maximum absolute atomic E-state index is 12.3. The molecule has 19 heteroatoms. The molecule has 8 N–H and O–H groups in total. The van der Waals surface area contributed by atoms with Crippen molar-refractivity contribution in [2.45, 2.75) is 141 Å².